The number of ether oxygens (including phenoxy) is 1. The Morgan fingerprint density at radius 2 is 2.10 bits per heavy atom. The van der Waals surface area contributed by atoms with Crippen LogP contribution in [0.5, 0.6) is 5.75 Å². The van der Waals surface area contributed by atoms with Crippen LogP contribution in [-0.2, 0) is 4.79 Å². The molecule has 0 fully saturated rings. The Bertz CT molecular complexity index is 671. The third-order valence-corrected chi connectivity index (χ3v) is 3.48. The molecule has 1 aromatic carbocycles. The number of carbonyl (C=O) groups excluding carboxylic acids is 1. The van der Waals surface area contributed by atoms with E-state index in [2.05, 4.69) is 10.3 Å². The maximum atomic E-state index is 13.6. The average Bonchev–Trinajstić information content (AvgIpc) is 2.78. The van der Waals surface area contributed by atoms with Crippen molar-refractivity contribution >= 4 is 22.4 Å². The van der Waals surface area contributed by atoms with Crippen molar-refractivity contribution in [3.8, 4) is 5.75 Å². The quantitative estimate of drug-likeness (QED) is 0.939. The number of nitrogens with one attached hydrogen (secondary N) is 1. The molecule has 0 unspecified atom stereocenters. The summed E-state index contributed by atoms with van der Waals surface area (Å²) in [6.07, 6.45) is 1.63. The molecule has 0 radical (unpaired) electrons. The maximum Gasteiger partial charge on any atom is 0.269 e. The van der Waals surface area contributed by atoms with Crippen LogP contribution in [0.4, 0.5) is 13.9 Å². The number of aryl methyl sites for hydroxylation is 1. The lowest BCUT2D eigenvalue weighted by Crippen LogP contribution is -2.42. The van der Waals surface area contributed by atoms with Gasteiger partial charge in [0, 0.05) is 17.1 Å². The molecule has 21 heavy (non-hydrogen) atoms. The first-order valence-electron chi connectivity index (χ1n) is 6.16. The van der Waals surface area contributed by atoms with E-state index in [0.717, 1.165) is 17.0 Å². The summed E-state index contributed by atoms with van der Waals surface area (Å²) >= 11 is 1.32. The number of halogens is 2. The van der Waals surface area contributed by atoms with E-state index >= 15 is 0 Å². The fraction of sp³-hybridized carbons (Fsp3) is 0.286. The number of hydrogen-bond acceptors (Lipinski definition) is 4. The molecular formula is C14H14F2N2O2S. The standard InChI is InChI=1S/C14H14F2N2O2S/c1-8-7-17-13(21-8)18-12(19)14(2,3)20-11-5-4-9(15)6-10(11)16/h4-7H,1-3H3,(H,17,18,19). The minimum absolute atomic E-state index is 0.188. The highest BCUT2D eigenvalue weighted by Gasteiger charge is 2.31. The second-order valence-corrected chi connectivity index (χ2v) is 6.15. The largest absolute Gasteiger partial charge is 0.475 e. The van der Waals surface area contributed by atoms with E-state index in [-0.39, 0.29) is 5.75 Å². The van der Waals surface area contributed by atoms with Gasteiger partial charge in [0.05, 0.1) is 0 Å². The number of benzene rings is 1. The van der Waals surface area contributed by atoms with Crippen LogP contribution < -0.4 is 10.1 Å². The van der Waals surface area contributed by atoms with E-state index in [4.69, 9.17) is 4.74 Å². The van der Waals surface area contributed by atoms with Crippen LogP contribution in [0.15, 0.2) is 24.4 Å². The summed E-state index contributed by atoms with van der Waals surface area (Å²) in [6.45, 7) is 4.85. The Morgan fingerprint density at radius 3 is 2.67 bits per heavy atom. The fourth-order valence-corrected chi connectivity index (χ4v) is 2.20. The Kier molecular flexibility index (Phi) is 4.22. The van der Waals surface area contributed by atoms with Gasteiger partial charge < -0.3 is 4.74 Å². The van der Waals surface area contributed by atoms with Gasteiger partial charge >= 0.3 is 0 Å². The van der Waals surface area contributed by atoms with Crippen molar-refractivity contribution in [1.29, 1.82) is 0 Å². The predicted molar refractivity (Wildman–Crippen MR) is 76.5 cm³/mol. The Morgan fingerprint density at radius 1 is 1.38 bits per heavy atom. The zero-order valence-corrected chi connectivity index (χ0v) is 12.6. The minimum Gasteiger partial charge on any atom is -0.475 e. The minimum atomic E-state index is -1.34. The normalized spacial score (nSPS) is 11.3. The molecule has 0 spiro atoms. The highest BCUT2D eigenvalue weighted by molar-refractivity contribution is 7.15. The highest BCUT2D eigenvalue weighted by Crippen LogP contribution is 2.25. The number of amides is 1. The molecule has 1 aromatic heterocycles. The predicted octanol–water partition coefficient (Wildman–Crippen LogP) is 3.53. The zero-order chi connectivity index (χ0) is 15.6. The Labute approximate surface area is 124 Å². The molecule has 1 N–H and O–H groups in total. The smallest absolute Gasteiger partial charge is 0.269 e. The molecule has 112 valence electrons. The van der Waals surface area contributed by atoms with Crippen molar-refractivity contribution in [3.63, 3.8) is 0 Å². The monoisotopic (exact) mass is 312 g/mol. The zero-order valence-electron chi connectivity index (χ0n) is 11.7. The summed E-state index contributed by atoms with van der Waals surface area (Å²) < 4.78 is 31.8. The third kappa shape index (κ3) is 3.75. The van der Waals surface area contributed by atoms with Gasteiger partial charge in [0.1, 0.15) is 5.82 Å². The first-order chi connectivity index (χ1) is 9.78. The van der Waals surface area contributed by atoms with E-state index in [1.54, 1.807) is 6.20 Å². The average molecular weight is 312 g/mol. The molecule has 0 aliphatic rings. The molecular weight excluding hydrogens is 298 g/mol. The van der Waals surface area contributed by atoms with Gasteiger partial charge in [0.15, 0.2) is 22.3 Å². The molecule has 2 rings (SSSR count). The van der Waals surface area contributed by atoms with Crippen LogP contribution in [-0.4, -0.2) is 16.5 Å². The van der Waals surface area contributed by atoms with Crippen molar-refractivity contribution < 1.29 is 18.3 Å². The van der Waals surface area contributed by atoms with Gasteiger partial charge in [-0.1, -0.05) is 0 Å². The lowest BCUT2D eigenvalue weighted by atomic mass is 10.1. The van der Waals surface area contributed by atoms with Gasteiger partial charge in [-0.15, -0.1) is 11.3 Å². The summed E-state index contributed by atoms with van der Waals surface area (Å²) in [7, 11) is 0. The van der Waals surface area contributed by atoms with Crippen molar-refractivity contribution in [2.45, 2.75) is 26.4 Å². The SMILES string of the molecule is Cc1cnc(NC(=O)C(C)(C)Oc2ccc(F)cc2F)s1. The van der Waals surface area contributed by atoms with Gasteiger partial charge in [0.2, 0.25) is 0 Å². The van der Waals surface area contributed by atoms with Crippen LogP contribution in [0.1, 0.15) is 18.7 Å². The van der Waals surface area contributed by atoms with E-state index in [9.17, 15) is 13.6 Å². The van der Waals surface area contributed by atoms with E-state index in [1.807, 2.05) is 6.92 Å². The van der Waals surface area contributed by atoms with Gasteiger partial charge in [-0.25, -0.2) is 13.8 Å². The molecule has 0 aliphatic carbocycles. The number of carbonyl (C=O) groups is 1. The molecule has 2 aromatic rings. The van der Waals surface area contributed by atoms with E-state index in [1.165, 1.54) is 25.2 Å². The topological polar surface area (TPSA) is 51.2 Å². The molecule has 4 nitrogen and oxygen atoms in total. The van der Waals surface area contributed by atoms with E-state index in [0.29, 0.717) is 11.2 Å². The van der Waals surface area contributed by atoms with E-state index < -0.39 is 23.1 Å². The number of anilines is 1. The van der Waals surface area contributed by atoms with Crippen molar-refractivity contribution in [2.24, 2.45) is 0 Å². The highest BCUT2D eigenvalue weighted by atomic mass is 32.1. The maximum absolute atomic E-state index is 13.6. The summed E-state index contributed by atoms with van der Waals surface area (Å²) in [5.41, 5.74) is -1.34. The number of nitrogens with zero attached hydrogens (tertiary/aromatic N) is 1. The fourth-order valence-electron chi connectivity index (χ4n) is 1.54. The van der Waals surface area contributed by atoms with Crippen LogP contribution in [0.2, 0.25) is 0 Å². The molecule has 0 saturated heterocycles. The van der Waals surface area contributed by atoms with Gasteiger partial charge in [-0.2, -0.15) is 0 Å². The second kappa shape index (κ2) is 5.77. The van der Waals surface area contributed by atoms with Crippen LogP contribution in [0.25, 0.3) is 0 Å². The number of hydrogen-bond donors (Lipinski definition) is 1. The lowest BCUT2D eigenvalue weighted by Gasteiger charge is -2.24. The molecule has 0 saturated carbocycles. The third-order valence-electron chi connectivity index (χ3n) is 2.65. The summed E-state index contributed by atoms with van der Waals surface area (Å²) in [6, 6.07) is 2.91. The molecule has 0 aliphatic heterocycles. The van der Waals surface area contributed by atoms with Gasteiger partial charge in [0.25, 0.3) is 5.91 Å². The number of rotatable bonds is 4. The molecule has 0 bridgehead atoms. The number of thiazole rings is 1. The Hall–Kier alpha value is -2.02. The van der Waals surface area contributed by atoms with Crippen LogP contribution >= 0.6 is 11.3 Å². The molecule has 0 atom stereocenters. The van der Waals surface area contributed by atoms with Crippen molar-refractivity contribution in [3.05, 3.63) is 40.9 Å². The van der Waals surface area contributed by atoms with Crippen molar-refractivity contribution in [2.75, 3.05) is 5.32 Å². The second-order valence-electron chi connectivity index (χ2n) is 4.92. The summed E-state index contributed by atoms with van der Waals surface area (Å²) in [5, 5.41) is 3.04. The molecule has 1 amide bonds. The number of aromatic nitrogens is 1. The van der Waals surface area contributed by atoms with Gasteiger partial charge in [-0.3, -0.25) is 10.1 Å². The lowest BCUT2D eigenvalue weighted by molar-refractivity contribution is -0.128. The Balaban J connectivity index is 2.11. The first kappa shape index (κ1) is 15.4. The van der Waals surface area contributed by atoms with Crippen LogP contribution in [0, 0.1) is 18.6 Å². The summed E-state index contributed by atoms with van der Waals surface area (Å²) in [5.74, 6) is -2.23. The first-order valence-corrected chi connectivity index (χ1v) is 6.97. The van der Waals surface area contributed by atoms with Gasteiger partial charge in [-0.05, 0) is 32.9 Å². The van der Waals surface area contributed by atoms with Crippen LogP contribution in [0.3, 0.4) is 0 Å². The van der Waals surface area contributed by atoms with Crippen molar-refractivity contribution in [1.82, 2.24) is 4.98 Å². The summed E-state index contributed by atoms with van der Waals surface area (Å²) in [4.78, 5) is 17.1. The molecule has 7 heteroatoms. The molecule has 1 heterocycles.